The number of benzene rings is 2. The molecule has 2 aromatic rings. The Labute approximate surface area is 175 Å². The first-order valence-corrected chi connectivity index (χ1v) is 9.80. The van der Waals surface area contributed by atoms with Crippen LogP contribution in [0.4, 0.5) is 0 Å². The second-order valence-corrected chi connectivity index (χ2v) is 7.50. The number of imide groups is 1. The molecule has 0 fully saturated rings. The van der Waals surface area contributed by atoms with Crippen LogP contribution in [0.3, 0.4) is 0 Å². The molecule has 0 aliphatic carbocycles. The van der Waals surface area contributed by atoms with E-state index in [-0.39, 0.29) is 17.0 Å². The molecule has 3 rings (SSSR count). The molecule has 1 aliphatic heterocycles. The lowest BCUT2D eigenvalue weighted by atomic mass is 10.0. The molecule has 0 spiro atoms. The zero-order chi connectivity index (χ0) is 21.8. The molecule has 7 heteroatoms. The van der Waals surface area contributed by atoms with E-state index in [1.54, 1.807) is 38.1 Å². The fourth-order valence-electron chi connectivity index (χ4n) is 3.36. The number of nitrogens with zero attached hydrogens (tertiary/aromatic N) is 1. The van der Waals surface area contributed by atoms with Gasteiger partial charge in [0.05, 0.1) is 11.1 Å². The molecule has 0 bridgehead atoms. The predicted molar refractivity (Wildman–Crippen MR) is 109 cm³/mol. The van der Waals surface area contributed by atoms with Crippen LogP contribution in [0, 0.1) is 5.92 Å². The van der Waals surface area contributed by atoms with Crippen molar-refractivity contribution in [3.63, 3.8) is 0 Å². The molecule has 3 amide bonds. The maximum Gasteiger partial charge on any atom is 0.330 e. The molecule has 30 heavy (non-hydrogen) atoms. The number of hydrogen-bond donors (Lipinski definition) is 1. The van der Waals surface area contributed by atoms with Crippen molar-refractivity contribution in [1.82, 2.24) is 10.2 Å². The fourth-order valence-corrected chi connectivity index (χ4v) is 3.36. The van der Waals surface area contributed by atoms with Crippen molar-refractivity contribution in [2.75, 3.05) is 0 Å². The number of rotatable bonds is 7. The van der Waals surface area contributed by atoms with Gasteiger partial charge < -0.3 is 10.1 Å². The summed E-state index contributed by atoms with van der Waals surface area (Å²) in [7, 11) is 0. The minimum atomic E-state index is -1.12. The molecule has 0 saturated heterocycles. The van der Waals surface area contributed by atoms with Crippen molar-refractivity contribution in [3.05, 3.63) is 71.3 Å². The molecule has 2 atom stereocenters. The van der Waals surface area contributed by atoms with Gasteiger partial charge >= 0.3 is 5.97 Å². The third-order valence-electron chi connectivity index (χ3n) is 4.95. The van der Waals surface area contributed by atoms with Gasteiger partial charge in [-0.3, -0.25) is 19.3 Å². The van der Waals surface area contributed by atoms with Crippen molar-refractivity contribution < 1.29 is 23.9 Å². The van der Waals surface area contributed by atoms with Crippen LogP contribution in [-0.2, 0) is 20.9 Å². The van der Waals surface area contributed by atoms with Crippen molar-refractivity contribution in [3.8, 4) is 0 Å². The standard InChI is InChI=1S/C23H24N2O5/c1-14(2)19(25-21(27)17-11-7-8-12-18(17)22(25)28)23(29)30-15(3)20(26)24-13-16-9-5-4-6-10-16/h4-12,14-15,19H,13H2,1-3H3,(H,24,26)/t15-,19+/m0/s1. The number of ether oxygens (including phenoxy) is 1. The second-order valence-electron chi connectivity index (χ2n) is 7.50. The summed E-state index contributed by atoms with van der Waals surface area (Å²) in [4.78, 5) is 51.6. The molecule has 1 aliphatic rings. The van der Waals surface area contributed by atoms with E-state index in [0.29, 0.717) is 6.54 Å². The summed E-state index contributed by atoms with van der Waals surface area (Å²) in [6, 6.07) is 14.6. The zero-order valence-electron chi connectivity index (χ0n) is 17.1. The molecule has 0 radical (unpaired) electrons. The highest BCUT2D eigenvalue weighted by Gasteiger charge is 2.45. The van der Waals surface area contributed by atoms with E-state index in [0.717, 1.165) is 10.5 Å². The second kappa shape index (κ2) is 8.90. The Morgan fingerprint density at radius 2 is 1.43 bits per heavy atom. The highest BCUT2D eigenvalue weighted by Crippen LogP contribution is 2.27. The number of nitrogens with one attached hydrogen (secondary N) is 1. The first kappa shape index (κ1) is 21.2. The molecular formula is C23H24N2O5. The Hall–Kier alpha value is -3.48. The summed E-state index contributed by atoms with van der Waals surface area (Å²) in [5.41, 5.74) is 1.43. The molecule has 2 aromatic carbocycles. The highest BCUT2D eigenvalue weighted by atomic mass is 16.5. The van der Waals surface area contributed by atoms with Gasteiger partial charge in [-0.05, 0) is 30.5 Å². The number of esters is 1. The molecular weight excluding hydrogens is 384 g/mol. The van der Waals surface area contributed by atoms with Crippen molar-refractivity contribution in [2.24, 2.45) is 5.92 Å². The van der Waals surface area contributed by atoms with E-state index in [9.17, 15) is 19.2 Å². The van der Waals surface area contributed by atoms with Gasteiger partial charge in [-0.2, -0.15) is 0 Å². The van der Waals surface area contributed by atoms with Crippen LogP contribution in [0.2, 0.25) is 0 Å². The Morgan fingerprint density at radius 1 is 0.900 bits per heavy atom. The Bertz CT molecular complexity index is 936. The van der Waals surface area contributed by atoms with Crippen molar-refractivity contribution in [1.29, 1.82) is 0 Å². The van der Waals surface area contributed by atoms with Crippen LogP contribution in [0.5, 0.6) is 0 Å². The smallest absolute Gasteiger partial charge is 0.330 e. The van der Waals surface area contributed by atoms with Crippen LogP contribution in [0.15, 0.2) is 54.6 Å². The zero-order valence-corrected chi connectivity index (χ0v) is 17.1. The molecule has 0 unspecified atom stereocenters. The monoisotopic (exact) mass is 408 g/mol. The molecule has 0 saturated carbocycles. The number of hydrogen-bond acceptors (Lipinski definition) is 5. The van der Waals surface area contributed by atoms with Gasteiger partial charge in [0.1, 0.15) is 6.04 Å². The first-order chi connectivity index (χ1) is 14.3. The average Bonchev–Trinajstić information content (AvgIpc) is 2.98. The van der Waals surface area contributed by atoms with E-state index in [4.69, 9.17) is 4.74 Å². The normalized spacial score (nSPS) is 15.0. The minimum absolute atomic E-state index is 0.259. The van der Waals surface area contributed by atoms with E-state index in [2.05, 4.69) is 5.32 Å². The lowest BCUT2D eigenvalue weighted by molar-refractivity contribution is -0.159. The first-order valence-electron chi connectivity index (χ1n) is 9.80. The van der Waals surface area contributed by atoms with Gasteiger partial charge in [0, 0.05) is 6.54 Å². The van der Waals surface area contributed by atoms with Crippen LogP contribution >= 0.6 is 0 Å². The van der Waals surface area contributed by atoms with Crippen LogP contribution in [0.1, 0.15) is 47.1 Å². The third kappa shape index (κ3) is 4.25. The SMILES string of the molecule is CC(C)[C@H](C(=O)O[C@@H](C)C(=O)NCc1ccccc1)N1C(=O)c2ccccc2C1=O. The molecule has 0 aromatic heterocycles. The lowest BCUT2D eigenvalue weighted by Crippen LogP contribution is -2.50. The minimum Gasteiger partial charge on any atom is -0.451 e. The summed E-state index contributed by atoms with van der Waals surface area (Å²) in [5.74, 6) is -2.71. The maximum atomic E-state index is 12.9. The van der Waals surface area contributed by atoms with Crippen LogP contribution in [0.25, 0.3) is 0 Å². The lowest BCUT2D eigenvalue weighted by Gasteiger charge is -2.28. The van der Waals surface area contributed by atoms with Gasteiger partial charge in [0.25, 0.3) is 17.7 Å². The van der Waals surface area contributed by atoms with Gasteiger partial charge in [-0.15, -0.1) is 0 Å². The molecule has 1 N–H and O–H groups in total. The number of carbonyl (C=O) groups excluding carboxylic acids is 4. The summed E-state index contributed by atoms with van der Waals surface area (Å²) in [6.45, 7) is 5.19. The summed E-state index contributed by atoms with van der Waals surface area (Å²) >= 11 is 0. The van der Waals surface area contributed by atoms with Crippen LogP contribution < -0.4 is 5.32 Å². The van der Waals surface area contributed by atoms with Gasteiger partial charge in [-0.25, -0.2) is 4.79 Å². The highest BCUT2D eigenvalue weighted by molar-refractivity contribution is 6.22. The topological polar surface area (TPSA) is 92.8 Å². The Kier molecular flexibility index (Phi) is 6.30. The summed E-state index contributed by atoms with van der Waals surface area (Å²) in [6.07, 6.45) is -1.07. The van der Waals surface area contributed by atoms with Crippen LogP contribution in [-0.4, -0.2) is 40.7 Å². The maximum absolute atomic E-state index is 12.9. The Balaban J connectivity index is 1.68. The summed E-state index contributed by atoms with van der Waals surface area (Å²) in [5, 5.41) is 2.71. The van der Waals surface area contributed by atoms with Crippen molar-refractivity contribution in [2.45, 2.75) is 39.5 Å². The fraction of sp³-hybridized carbons (Fsp3) is 0.304. The predicted octanol–water partition coefficient (Wildman–Crippen LogP) is 2.56. The van der Waals surface area contributed by atoms with E-state index in [1.165, 1.54) is 6.92 Å². The van der Waals surface area contributed by atoms with E-state index < -0.39 is 35.8 Å². The quantitative estimate of drug-likeness (QED) is 0.561. The van der Waals surface area contributed by atoms with E-state index in [1.807, 2.05) is 30.3 Å². The van der Waals surface area contributed by atoms with Crippen molar-refractivity contribution >= 4 is 23.7 Å². The molecule has 156 valence electrons. The average molecular weight is 408 g/mol. The van der Waals surface area contributed by atoms with Gasteiger partial charge in [-0.1, -0.05) is 56.3 Å². The number of fused-ring (bicyclic) bond motifs is 1. The Morgan fingerprint density at radius 3 is 1.97 bits per heavy atom. The largest absolute Gasteiger partial charge is 0.451 e. The number of amides is 3. The number of carbonyl (C=O) groups is 4. The van der Waals surface area contributed by atoms with Gasteiger partial charge in [0.2, 0.25) is 0 Å². The molecule has 7 nitrogen and oxygen atoms in total. The third-order valence-corrected chi connectivity index (χ3v) is 4.95. The summed E-state index contributed by atoms with van der Waals surface area (Å²) < 4.78 is 5.33. The molecule has 1 heterocycles. The van der Waals surface area contributed by atoms with Gasteiger partial charge in [0.15, 0.2) is 6.10 Å². The van der Waals surface area contributed by atoms with E-state index >= 15 is 0 Å².